The van der Waals surface area contributed by atoms with E-state index in [1.807, 2.05) is 27.0 Å². The minimum Gasteiger partial charge on any atom is -0.374 e. The van der Waals surface area contributed by atoms with Crippen LogP contribution >= 0.6 is 0 Å². The fourth-order valence-electron chi connectivity index (χ4n) is 4.50. The van der Waals surface area contributed by atoms with Crippen molar-refractivity contribution in [3.8, 4) is 0 Å². The van der Waals surface area contributed by atoms with E-state index in [9.17, 15) is 13.6 Å². The van der Waals surface area contributed by atoms with Gasteiger partial charge in [0.05, 0.1) is 12.0 Å². The Morgan fingerprint density at radius 2 is 2.03 bits per heavy atom. The van der Waals surface area contributed by atoms with E-state index in [4.69, 9.17) is 0 Å². The smallest absolute Gasteiger partial charge is 0.263 e. The van der Waals surface area contributed by atoms with E-state index in [0.29, 0.717) is 24.2 Å². The normalized spacial score (nSPS) is 26.1. The van der Waals surface area contributed by atoms with Crippen LogP contribution in [0.1, 0.15) is 63.5 Å². The molecule has 1 aromatic carbocycles. The van der Waals surface area contributed by atoms with Crippen LogP contribution in [-0.2, 0) is 10.2 Å². The molecule has 30 heavy (non-hydrogen) atoms. The average Bonchev–Trinajstić information content (AvgIpc) is 3.22. The van der Waals surface area contributed by atoms with Crippen molar-refractivity contribution in [3.63, 3.8) is 0 Å². The lowest BCUT2D eigenvalue weighted by Gasteiger charge is -2.34. The second kappa shape index (κ2) is 9.11. The molecule has 1 unspecified atom stereocenters. The van der Waals surface area contributed by atoms with Gasteiger partial charge in [-0.1, -0.05) is 37.6 Å². The van der Waals surface area contributed by atoms with Crippen LogP contribution in [0.3, 0.4) is 0 Å². The van der Waals surface area contributed by atoms with Gasteiger partial charge in [-0.25, -0.2) is 13.8 Å². The van der Waals surface area contributed by atoms with Gasteiger partial charge in [0.2, 0.25) is 5.91 Å². The number of aliphatic imine (C=N–C) groups is 1. The zero-order valence-electron chi connectivity index (χ0n) is 18.0. The molecule has 1 saturated carbocycles. The van der Waals surface area contributed by atoms with Crippen molar-refractivity contribution in [2.75, 3.05) is 13.6 Å². The van der Waals surface area contributed by atoms with E-state index < -0.39 is 6.43 Å². The van der Waals surface area contributed by atoms with Crippen LogP contribution in [0.5, 0.6) is 0 Å². The molecule has 1 fully saturated rings. The number of hydrogen-bond acceptors (Lipinski definition) is 3. The molecule has 1 aliphatic carbocycles. The Morgan fingerprint density at radius 1 is 1.33 bits per heavy atom. The highest BCUT2D eigenvalue weighted by atomic mass is 19.3. The van der Waals surface area contributed by atoms with Crippen molar-refractivity contribution < 1.29 is 13.6 Å². The molecule has 1 aliphatic heterocycles. The van der Waals surface area contributed by atoms with E-state index in [0.717, 1.165) is 36.8 Å². The second-order valence-corrected chi connectivity index (χ2v) is 8.57. The number of nitrogens with zero attached hydrogens (tertiary/aromatic N) is 2. The van der Waals surface area contributed by atoms with Gasteiger partial charge in [0, 0.05) is 30.8 Å². The number of likely N-dealkylation sites (N-methyl/N-ethyl adjacent to an activating group) is 1. The number of rotatable bonds is 4. The highest BCUT2D eigenvalue weighted by molar-refractivity contribution is 5.95. The number of hydrogen-bond donors (Lipinski definition) is 1. The zero-order chi connectivity index (χ0) is 21.9. The summed E-state index contributed by atoms with van der Waals surface area (Å²) >= 11 is 0. The highest BCUT2D eigenvalue weighted by Crippen LogP contribution is 2.47. The van der Waals surface area contributed by atoms with Crippen LogP contribution in [0.4, 0.5) is 8.78 Å². The molecule has 1 amide bonds. The maximum Gasteiger partial charge on any atom is 0.263 e. The van der Waals surface area contributed by atoms with Gasteiger partial charge in [0.15, 0.2) is 0 Å². The molecular weight excluding hydrogens is 384 g/mol. The van der Waals surface area contributed by atoms with Crippen LogP contribution in [0.15, 0.2) is 52.7 Å². The maximum absolute atomic E-state index is 13.5. The predicted molar refractivity (Wildman–Crippen MR) is 117 cm³/mol. The van der Waals surface area contributed by atoms with Crippen LogP contribution in [-0.4, -0.2) is 36.8 Å². The lowest BCUT2D eigenvalue weighted by Crippen LogP contribution is -2.43. The molecule has 2 aliphatic rings. The van der Waals surface area contributed by atoms with Crippen molar-refractivity contribution in [1.82, 2.24) is 10.2 Å². The molecule has 6 heteroatoms. The molecule has 1 aromatic rings. The molecule has 0 aromatic heterocycles. The number of amides is 1. The molecule has 0 radical (unpaired) electrons. The van der Waals surface area contributed by atoms with Crippen molar-refractivity contribution in [3.05, 3.63) is 58.8 Å². The average molecular weight is 416 g/mol. The summed E-state index contributed by atoms with van der Waals surface area (Å²) in [5.41, 5.74) is 2.59. The molecular formula is C24H31F2N3O. The fraction of sp³-hybridized carbons (Fsp3) is 0.500. The molecule has 4 nitrogen and oxygen atoms in total. The van der Waals surface area contributed by atoms with E-state index in [1.54, 1.807) is 23.4 Å². The highest BCUT2D eigenvalue weighted by Gasteiger charge is 2.39. The Bertz CT molecular complexity index is 869. The van der Waals surface area contributed by atoms with Crippen molar-refractivity contribution >= 4 is 12.2 Å². The first-order chi connectivity index (χ1) is 14.2. The molecule has 0 bridgehead atoms. The Hall–Kier alpha value is -2.50. The van der Waals surface area contributed by atoms with Crippen molar-refractivity contribution in [2.24, 2.45) is 4.99 Å². The summed E-state index contributed by atoms with van der Waals surface area (Å²) in [5, 5.41) is 3.10. The third-order valence-corrected chi connectivity index (χ3v) is 6.68. The Kier molecular flexibility index (Phi) is 6.74. The standard InChI is InChI=1S/C24H31F2N3O/c1-16-14-27-15-28-18(3)17(2)21(23(30)29(16)4)13-24(10-5-6-11-24)20-9-7-8-19(12-20)22(25)26/h7-9,12,15-16,22H,3,5-6,10-11,13-14H2,1-2,4H3,(H,27,28)/b21-17+. The number of halogens is 2. The molecule has 0 spiro atoms. The number of allylic oxidation sites excluding steroid dienone is 1. The second-order valence-electron chi connectivity index (χ2n) is 8.57. The number of benzene rings is 1. The third-order valence-electron chi connectivity index (χ3n) is 6.68. The number of carbonyl (C=O) groups is 1. The first kappa shape index (κ1) is 22.2. The number of carbonyl (C=O) groups excluding carboxylic acids is 1. The van der Waals surface area contributed by atoms with Gasteiger partial charge in [0.25, 0.3) is 6.43 Å². The summed E-state index contributed by atoms with van der Waals surface area (Å²) < 4.78 is 26.7. The topological polar surface area (TPSA) is 44.7 Å². The minimum absolute atomic E-state index is 0.0141. The summed E-state index contributed by atoms with van der Waals surface area (Å²) in [5.74, 6) is -0.0451. The number of nitrogens with one attached hydrogen (secondary N) is 1. The van der Waals surface area contributed by atoms with E-state index in [-0.39, 0.29) is 22.9 Å². The minimum atomic E-state index is -2.51. The van der Waals surface area contributed by atoms with Crippen LogP contribution in [0.25, 0.3) is 0 Å². The van der Waals surface area contributed by atoms with Crippen LogP contribution in [0, 0.1) is 0 Å². The first-order valence-electron chi connectivity index (χ1n) is 10.6. The van der Waals surface area contributed by atoms with E-state index in [2.05, 4.69) is 16.9 Å². The van der Waals surface area contributed by atoms with Gasteiger partial charge < -0.3 is 10.2 Å². The summed E-state index contributed by atoms with van der Waals surface area (Å²) in [7, 11) is 1.81. The quantitative estimate of drug-likeness (QED) is 0.741. The first-order valence-corrected chi connectivity index (χ1v) is 10.6. The Morgan fingerprint density at radius 3 is 2.70 bits per heavy atom. The molecule has 1 N–H and O–H groups in total. The van der Waals surface area contributed by atoms with Crippen LogP contribution in [0.2, 0.25) is 0 Å². The Balaban J connectivity index is 2.07. The zero-order valence-corrected chi connectivity index (χ0v) is 18.0. The monoisotopic (exact) mass is 415 g/mol. The largest absolute Gasteiger partial charge is 0.374 e. The maximum atomic E-state index is 13.5. The van der Waals surface area contributed by atoms with Crippen molar-refractivity contribution in [2.45, 2.75) is 63.8 Å². The van der Waals surface area contributed by atoms with Gasteiger partial charge in [-0.3, -0.25) is 4.79 Å². The van der Waals surface area contributed by atoms with Gasteiger partial charge in [-0.05, 0) is 55.7 Å². The summed E-state index contributed by atoms with van der Waals surface area (Å²) in [6.07, 6.45) is 3.42. The van der Waals surface area contributed by atoms with E-state index >= 15 is 0 Å². The van der Waals surface area contributed by atoms with Crippen LogP contribution < -0.4 is 5.32 Å². The summed E-state index contributed by atoms with van der Waals surface area (Å²) in [6.45, 7) is 8.50. The predicted octanol–water partition coefficient (Wildman–Crippen LogP) is 5.13. The Labute approximate surface area is 177 Å². The van der Waals surface area contributed by atoms with Gasteiger partial charge in [-0.2, -0.15) is 0 Å². The fourth-order valence-corrected chi connectivity index (χ4v) is 4.50. The number of alkyl halides is 2. The van der Waals surface area contributed by atoms with Gasteiger partial charge in [-0.15, -0.1) is 0 Å². The lowest BCUT2D eigenvalue weighted by atomic mass is 9.72. The molecule has 3 rings (SSSR count). The lowest BCUT2D eigenvalue weighted by molar-refractivity contribution is -0.127. The summed E-state index contributed by atoms with van der Waals surface area (Å²) in [6, 6.07) is 6.71. The molecule has 1 heterocycles. The summed E-state index contributed by atoms with van der Waals surface area (Å²) in [4.78, 5) is 19.6. The van der Waals surface area contributed by atoms with Gasteiger partial charge >= 0.3 is 0 Å². The molecule has 162 valence electrons. The van der Waals surface area contributed by atoms with Gasteiger partial charge in [0.1, 0.15) is 0 Å². The van der Waals surface area contributed by atoms with E-state index in [1.165, 1.54) is 6.07 Å². The third kappa shape index (κ3) is 4.47. The van der Waals surface area contributed by atoms with Crippen molar-refractivity contribution in [1.29, 1.82) is 0 Å². The molecule has 0 saturated heterocycles. The SMILES string of the molecule is C=C1/N=C\NCC(C)N(C)C(=O)/C(CC2(c3cccc(C(F)F)c3)CCCC2)=C/1C. The molecule has 1 atom stereocenters.